The highest BCUT2D eigenvalue weighted by atomic mass is 16.2. The summed E-state index contributed by atoms with van der Waals surface area (Å²) >= 11 is 0. The van der Waals surface area contributed by atoms with Crippen LogP contribution in [0.2, 0.25) is 6.82 Å². The Morgan fingerprint density at radius 2 is 1.89 bits per heavy atom. The lowest BCUT2D eigenvalue weighted by molar-refractivity contribution is -0.142. The smallest absolute Gasteiger partial charge is 0.233 e. The van der Waals surface area contributed by atoms with Crippen molar-refractivity contribution in [3.05, 3.63) is 0 Å². The summed E-state index contributed by atoms with van der Waals surface area (Å²) in [7, 11) is 0.504. The van der Waals surface area contributed by atoms with Crippen molar-refractivity contribution in [1.29, 1.82) is 0 Å². The zero-order valence-electron chi connectivity index (χ0n) is 12.6. The monoisotopic (exact) mass is 265 g/mol. The predicted octanol–water partition coefficient (Wildman–Crippen LogP) is 1.44. The van der Waals surface area contributed by atoms with Gasteiger partial charge in [-0.1, -0.05) is 27.6 Å². The molecule has 3 unspecified atom stereocenters. The van der Waals surface area contributed by atoms with Crippen LogP contribution in [-0.2, 0) is 14.4 Å². The van der Waals surface area contributed by atoms with Gasteiger partial charge in [0.1, 0.15) is 0 Å². The number of likely N-dealkylation sites (tertiary alicyclic amines) is 1. The highest BCUT2D eigenvalue weighted by molar-refractivity contribution is 6.73. The van der Waals surface area contributed by atoms with Crippen molar-refractivity contribution in [2.24, 2.45) is 17.8 Å². The molecule has 1 aliphatic heterocycles. The molecule has 0 aromatic heterocycles. The van der Waals surface area contributed by atoms with Crippen molar-refractivity contribution in [3.8, 4) is 0 Å². The molecule has 19 heavy (non-hydrogen) atoms. The van der Waals surface area contributed by atoms with Crippen LogP contribution in [0.15, 0.2) is 0 Å². The third kappa shape index (κ3) is 3.45. The first-order valence-corrected chi connectivity index (χ1v) is 7.18. The first-order valence-electron chi connectivity index (χ1n) is 7.18. The quantitative estimate of drug-likeness (QED) is 0.539. The Labute approximate surface area is 116 Å². The number of imide groups is 1. The Morgan fingerprint density at radius 3 is 2.32 bits per heavy atom. The Morgan fingerprint density at radius 1 is 1.32 bits per heavy atom. The molecule has 1 rings (SSSR count). The van der Waals surface area contributed by atoms with Gasteiger partial charge in [-0.3, -0.25) is 14.5 Å². The Balaban J connectivity index is 2.72. The van der Waals surface area contributed by atoms with Gasteiger partial charge in [0.05, 0.1) is 5.68 Å². The largest absolute Gasteiger partial charge is 0.311 e. The third-order valence-corrected chi connectivity index (χ3v) is 4.06. The summed E-state index contributed by atoms with van der Waals surface area (Å²) in [4.78, 5) is 37.2. The molecule has 1 heterocycles. The zero-order chi connectivity index (χ0) is 14.7. The Kier molecular flexibility index (Phi) is 5.33. The fourth-order valence-electron chi connectivity index (χ4n) is 2.76. The molecule has 0 spiro atoms. The van der Waals surface area contributed by atoms with Crippen molar-refractivity contribution in [2.75, 3.05) is 0 Å². The van der Waals surface area contributed by atoms with Crippen LogP contribution in [0.3, 0.4) is 0 Å². The van der Waals surface area contributed by atoms with Gasteiger partial charge in [0.2, 0.25) is 19.1 Å². The van der Waals surface area contributed by atoms with Crippen molar-refractivity contribution < 1.29 is 14.4 Å². The van der Waals surface area contributed by atoms with Gasteiger partial charge in [0.15, 0.2) is 0 Å². The van der Waals surface area contributed by atoms with Crippen LogP contribution in [0, 0.1) is 17.8 Å². The minimum Gasteiger partial charge on any atom is -0.311 e. The molecule has 0 aromatic rings. The predicted molar refractivity (Wildman–Crippen MR) is 76.1 cm³/mol. The molecule has 2 amide bonds. The van der Waals surface area contributed by atoms with Gasteiger partial charge >= 0.3 is 0 Å². The lowest BCUT2D eigenvalue weighted by atomic mass is 9.70. The van der Waals surface area contributed by atoms with E-state index in [4.69, 9.17) is 0 Å². The first kappa shape index (κ1) is 15.9. The summed E-state index contributed by atoms with van der Waals surface area (Å²) in [6, 6.07) is -0.186. The van der Waals surface area contributed by atoms with E-state index in [1.807, 2.05) is 34.5 Å². The van der Waals surface area contributed by atoms with Crippen LogP contribution >= 0.6 is 0 Å². The van der Waals surface area contributed by atoms with Crippen LogP contribution in [0.5, 0.6) is 0 Å². The first-order chi connectivity index (χ1) is 8.79. The van der Waals surface area contributed by atoms with Gasteiger partial charge in [-0.2, -0.15) is 0 Å². The van der Waals surface area contributed by atoms with Crippen LogP contribution < -0.4 is 0 Å². The molecule has 1 saturated heterocycles. The molecule has 106 valence electrons. The van der Waals surface area contributed by atoms with Gasteiger partial charge in [0, 0.05) is 24.3 Å². The number of hydrogen-bond donors (Lipinski definition) is 0. The second-order valence-corrected chi connectivity index (χ2v) is 5.96. The van der Waals surface area contributed by atoms with Gasteiger partial charge < -0.3 is 4.79 Å². The van der Waals surface area contributed by atoms with Gasteiger partial charge in [-0.05, 0) is 19.3 Å². The third-order valence-electron chi connectivity index (χ3n) is 4.06. The molecule has 0 N–H and O–H groups in total. The molecule has 0 radical (unpaired) electrons. The average Bonchev–Trinajstić information content (AvgIpc) is 2.63. The number of amides is 2. The summed E-state index contributed by atoms with van der Waals surface area (Å²) < 4.78 is 0. The van der Waals surface area contributed by atoms with Crippen molar-refractivity contribution >= 4 is 24.8 Å². The molecule has 0 aliphatic carbocycles. The lowest BCUT2D eigenvalue weighted by Crippen LogP contribution is -2.40. The molecule has 0 aromatic carbocycles. The van der Waals surface area contributed by atoms with Crippen LogP contribution in [0.4, 0.5) is 0 Å². The molecule has 3 atom stereocenters. The molecule has 0 bridgehead atoms. The van der Waals surface area contributed by atoms with E-state index in [-0.39, 0.29) is 41.3 Å². The fourth-order valence-corrected chi connectivity index (χ4v) is 2.76. The summed E-state index contributed by atoms with van der Waals surface area (Å²) in [5.41, 5.74) is 0.186. The van der Waals surface area contributed by atoms with E-state index in [1.165, 1.54) is 4.90 Å². The maximum absolute atomic E-state index is 12.2. The van der Waals surface area contributed by atoms with E-state index in [2.05, 4.69) is 0 Å². The van der Waals surface area contributed by atoms with Crippen LogP contribution in [0.1, 0.15) is 40.5 Å². The SMILES string of the molecule is CBC(=O)C(C)CC(C)N1C(=O)CC(C(C)C)C1=O. The number of hydrogen-bond acceptors (Lipinski definition) is 3. The number of carbonyl (C=O) groups excluding carboxylic acids is 3. The fraction of sp³-hybridized carbons (Fsp3) is 0.786. The molecule has 4 nitrogen and oxygen atoms in total. The van der Waals surface area contributed by atoms with E-state index in [0.29, 0.717) is 20.1 Å². The van der Waals surface area contributed by atoms with Gasteiger partial charge in [-0.15, -0.1) is 0 Å². The lowest BCUT2D eigenvalue weighted by Gasteiger charge is -2.25. The minimum absolute atomic E-state index is 0.0661. The van der Waals surface area contributed by atoms with E-state index in [1.54, 1.807) is 0 Å². The highest BCUT2D eigenvalue weighted by Gasteiger charge is 2.42. The summed E-state index contributed by atoms with van der Waals surface area (Å²) in [6.45, 7) is 9.50. The highest BCUT2D eigenvalue weighted by Crippen LogP contribution is 2.29. The normalized spacial score (nSPS) is 22.8. The maximum atomic E-state index is 12.2. The molecule has 1 fully saturated rings. The van der Waals surface area contributed by atoms with Crippen LogP contribution in [0.25, 0.3) is 0 Å². The second-order valence-electron chi connectivity index (χ2n) is 5.96. The number of rotatable bonds is 6. The van der Waals surface area contributed by atoms with Gasteiger partial charge in [0.25, 0.3) is 0 Å². The summed E-state index contributed by atoms with van der Waals surface area (Å²) in [6.07, 6.45) is 0.881. The standard InChI is InChI=1S/C14H24BNO3/c1-8(2)11-7-12(17)16(14(11)19)10(4)6-9(3)13(18)15-5/h8-11,15H,6-7H2,1-5H3. The van der Waals surface area contributed by atoms with E-state index < -0.39 is 0 Å². The topological polar surface area (TPSA) is 54.5 Å². The number of nitrogens with zero attached hydrogens (tertiary/aromatic N) is 1. The Hall–Kier alpha value is -1.13. The summed E-state index contributed by atoms with van der Waals surface area (Å²) in [5, 5.41) is 0. The molecular formula is C14H24BNO3. The van der Waals surface area contributed by atoms with E-state index >= 15 is 0 Å². The van der Waals surface area contributed by atoms with Gasteiger partial charge in [-0.25, -0.2) is 0 Å². The second kappa shape index (κ2) is 6.35. The summed E-state index contributed by atoms with van der Waals surface area (Å²) in [5.74, 6) is -0.259. The maximum Gasteiger partial charge on any atom is 0.233 e. The van der Waals surface area contributed by atoms with Crippen molar-refractivity contribution in [3.63, 3.8) is 0 Å². The zero-order valence-corrected chi connectivity index (χ0v) is 12.6. The molecule has 5 heteroatoms. The van der Waals surface area contributed by atoms with E-state index in [9.17, 15) is 14.4 Å². The van der Waals surface area contributed by atoms with Crippen molar-refractivity contribution in [1.82, 2.24) is 4.90 Å². The molecule has 1 aliphatic rings. The Bertz CT molecular complexity index is 381. The van der Waals surface area contributed by atoms with Crippen molar-refractivity contribution in [2.45, 2.75) is 53.4 Å². The van der Waals surface area contributed by atoms with E-state index in [0.717, 1.165) is 0 Å². The average molecular weight is 265 g/mol. The molecule has 0 saturated carbocycles. The minimum atomic E-state index is -0.188. The molecular weight excluding hydrogens is 241 g/mol. The number of carbonyl (C=O) groups is 3. The van der Waals surface area contributed by atoms with Crippen LogP contribution in [-0.4, -0.2) is 35.7 Å².